The van der Waals surface area contributed by atoms with Crippen LogP contribution in [0.25, 0.3) is 0 Å². The molecule has 0 aliphatic heterocycles. The molecule has 15 heavy (non-hydrogen) atoms. The first-order valence-corrected chi connectivity index (χ1v) is 4.84. The molecule has 0 aliphatic rings. The fraction of sp³-hybridized carbons (Fsp3) is 0.250. The predicted molar refractivity (Wildman–Crippen MR) is 59.4 cm³/mol. The largest absolute Gasteiger partial charge is 0.391 e. The van der Waals surface area contributed by atoms with Gasteiger partial charge in [-0.25, -0.2) is 0 Å². The van der Waals surface area contributed by atoms with Gasteiger partial charge in [0.05, 0.1) is 6.10 Å². The van der Waals surface area contributed by atoms with Crippen molar-refractivity contribution in [3.05, 3.63) is 48.6 Å². The van der Waals surface area contributed by atoms with E-state index < -0.39 is 6.10 Å². The smallest absolute Gasteiger partial charge is 0.243 e. The Labute approximate surface area is 89.4 Å². The predicted octanol–water partition coefficient (Wildman–Crippen LogP) is 0.892. The van der Waals surface area contributed by atoms with Gasteiger partial charge in [-0.15, -0.1) is 0 Å². The van der Waals surface area contributed by atoms with E-state index in [0.717, 1.165) is 5.56 Å². The summed E-state index contributed by atoms with van der Waals surface area (Å²) in [4.78, 5) is 10.8. The Bertz CT molecular complexity index is 322. The Balaban J connectivity index is 2.33. The van der Waals surface area contributed by atoms with Gasteiger partial charge >= 0.3 is 0 Å². The lowest BCUT2D eigenvalue weighted by Crippen LogP contribution is -2.31. The van der Waals surface area contributed by atoms with E-state index in [-0.39, 0.29) is 12.5 Å². The van der Waals surface area contributed by atoms with Crippen LogP contribution in [0.5, 0.6) is 0 Å². The van der Waals surface area contributed by atoms with Crippen molar-refractivity contribution in [1.82, 2.24) is 5.32 Å². The van der Waals surface area contributed by atoms with Crippen LogP contribution in [-0.4, -0.2) is 23.7 Å². The molecular formula is C12H15NO2. The summed E-state index contributed by atoms with van der Waals surface area (Å²) in [5.74, 6) is -0.262. The minimum Gasteiger partial charge on any atom is -0.391 e. The number of carbonyl (C=O) groups excluding carboxylic acids is 1. The Morgan fingerprint density at radius 2 is 2.13 bits per heavy atom. The Morgan fingerprint density at radius 1 is 1.47 bits per heavy atom. The number of hydrogen-bond donors (Lipinski definition) is 2. The van der Waals surface area contributed by atoms with Crippen molar-refractivity contribution in [3.8, 4) is 0 Å². The van der Waals surface area contributed by atoms with Gasteiger partial charge in [0.15, 0.2) is 0 Å². The first kappa shape index (κ1) is 11.5. The van der Waals surface area contributed by atoms with Crippen molar-refractivity contribution >= 4 is 5.91 Å². The summed E-state index contributed by atoms with van der Waals surface area (Å²) in [7, 11) is 0. The van der Waals surface area contributed by atoms with Crippen molar-refractivity contribution in [1.29, 1.82) is 0 Å². The lowest BCUT2D eigenvalue weighted by molar-refractivity contribution is -0.116. The molecule has 2 N–H and O–H groups in total. The monoisotopic (exact) mass is 205 g/mol. The van der Waals surface area contributed by atoms with Gasteiger partial charge in [-0.1, -0.05) is 36.9 Å². The van der Waals surface area contributed by atoms with Gasteiger partial charge in [0.25, 0.3) is 0 Å². The van der Waals surface area contributed by atoms with Crippen molar-refractivity contribution in [3.63, 3.8) is 0 Å². The number of aliphatic hydroxyl groups is 1. The Hall–Kier alpha value is -1.61. The number of hydrogen-bond acceptors (Lipinski definition) is 2. The zero-order chi connectivity index (χ0) is 11.1. The van der Waals surface area contributed by atoms with Crippen LogP contribution in [0.15, 0.2) is 43.0 Å². The van der Waals surface area contributed by atoms with E-state index in [0.29, 0.717) is 6.42 Å². The summed E-state index contributed by atoms with van der Waals surface area (Å²) in [6.07, 6.45) is 1.17. The van der Waals surface area contributed by atoms with E-state index in [4.69, 9.17) is 0 Å². The zero-order valence-corrected chi connectivity index (χ0v) is 8.52. The maximum Gasteiger partial charge on any atom is 0.243 e. The van der Waals surface area contributed by atoms with E-state index >= 15 is 0 Å². The highest BCUT2D eigenvalue weighted by atomic mass is 16.3. The van der Waals surface area contributed by atoms with E-state index in [1.54, 1.807) is 0 Å². The summed E-state index contributed by atoms with van der Waals surface area (Å²) in [5, 5.41) is 12.1. The van der Waals surface area contributed by atoms with Crippen molar-refractivity contribution in [2.45, 2.75) is 12.5 Å². The molecule has 1 amide bonds. The number of rotatable bonds is 5. The lowest BCUT2D eigenvalue weighted by Gasteiger charge is -2.10. The van der Waals surface area contributed by atoms with Crippen LogP contribution in [0.2, 0.25) is 0 Å². The van der Waals surface area contributed by atoms with Crippen LogP contribution < -0.4 is 5.32 Å². The second-order valence-electron chi connectivity index (χ2n) is 3.29. The molecule has 0 aliphatic carbocycles. The first-order valence-electron chi connectivity index (χ1n) is 4.84. The summed E-state index contributed by atoms with van der Waals surface area (Å²) in [6, 6.07) is 9.65. The second kappa shape index (κ2) is 5.98. The molecule has 80 valence electrons. The maximum atomic E-state index is 10.8. The molecule has 0 radical (unpaired) electrons. The molecule has 0 bridgehead atoms. The van der Waals surface area contributed by atoms with Gasteiger partial charge < -0.3 is 10.4 Å². The second-order valence-corrected chi connectivity index (χ2v) is 3.29. The normalized spacial score (nSPS) is 11.8. The summed E-state index contributed by atoms with van der Waals surface area (Å²) in [5.41, 5.74) is 1.05. The highest BCUT2D eigenvalue weighted by Gasteiger charge is 2.05. The third kappa shape index (κ3) is 4.42. The summed E-state index contributed by atoms with van der Waals surface area (Å²) >= 11 is 0. The number of benzene rings is 1. The van der Waals surface area contributed by atoms with Crippen LogP contribution in [0.4, 0.5) is 0 Å². The van der Waals surface area contributed by atoms with Crippen molar-refractivity contribution in [2.75, 3.05) is 6.54 Å². The summed E-state index contributed by atoms with van der Waals surface area (Å²) < 4.78 is 0. The van der Waals surface area contributed by atoms with Crippen LogP contribution in [0.3, 0.4) is 0 Å². The topological polar surface area (TPSA) is 49.3 Å². The van der Waals surface area contributed by atoms with Gasteiger partial charge in [-0.2, -0.15) is 0 Å². The van der Waals surface area contributed by atoms with Crippen molar-refractivity contribution < 1.29 is 9.90 Å². The van der Waals surface area contributed by atoms with Crippen LogP contribution >= 0.6 is 0 Å². The SMILES string of the molecule is C=CC(=O)NC[C@@H](O)Cc1ccccc1. The fourth-order valence-electron chi connectivity index (χ4n) is 1.25. The standard InChI is InChI=1S/C12H15NO2/c1-2-12(15)13-9-11(14)8-10-6-4-3-5-7-10/h2-7,11,14H,1,8-9H2,(H,13,15)/t11-/m0/s1. The van der Waals surface area contributed by atoms with Crippen LogP contribution in [0.1, 0.15) is 5.56 Å². The van der Waals surface area contributed by atoms with Crippen LogP contribution in [-0.2, 0) is 11.2 Å². The molecule has 0 saturated heterocycles. The van der Waals surface area contributed by atoms with Gasteiger partial charge in [0.2, 0.25) is 5.91 Å². The molecule has 1 atom stereocenters. The molecule has 0 unspecified atom stereocenters. The molecule has 0 spiro atoms. The zero-order valence-electron chi connectivity index (χ0n) is 8.52. The van der Waals surface area contributed by atoms with Crippen LogP contribution in [0, 0.1) is 0 Å². The molecule has 0 heterocycles. The molecule has 0 saturated carbocycles. The molecule has 0 fully saturated rings. The number of carbonyl (C=O) groups is 1. The highest BCUT2D eigenvalue weighted by molar-refractivity contribution is 5.86. The third-order valence-electron chi connectivity index (χ3n) is 2.01. The maximum absolute atomic E-state index is 10.8. The van der Waals surface area contributed by atoms with E-state index in [1.165, 1.54) is 6.08 Å². The van der Waals surface area contributed by atoms with Gasteiger partial charge in [0.1, 0.15) is 0 Å². The molecule has 3 heteroatoms. The Morgan fingerprint density at radius 3 is 2.73 bits per heavy atom. The molecule has 1 rings (SSSR count). The quantitative estimate of drug-likeness (QED) is 0.701. The van der Waals surface area contributed by atoms with E-state index in [1.807, 2.05) is 30.3 Å². The fourth-order valence-corrected chi connectivity index (χ4v) is 1.25. The van der Waals surface area contributed by atoms with E-state index in [2.05, 4.69) is 11.9 Å². The van der Waals surface area contributed by atoms with Gasteiger partial charge in [0, 0.05) is 13.0 Å². The first-order chi connectivity index (χ1) is 7.22. The molecule has 1 aromatic carbocycles. The average Bonchev–Trinajstić information content (AvgIpc) is 2.27. The Kier molecular flexibility index (Phi) is 4.57. The lowest BCUT2D eigenvalue weighted by atomic mass is 10.1. The number of amides is 1. The average molecular weight is 205 g/mol. The molecule has 3 nitrogen and oxygen atoms in total. The minimum atomic E-state index is -0.559. The highest BCUT2D eigenvalue weighted by Crippen LogP contribution is 2.02. The van der Waals surface area contributed by atoms with Gasteiger partial charge in [-0.3, -0.25) is 4.79 Å². The van der Waals surface area contributed by atoms with Crippen molar-refractivity contribution in [2.24, 2.45) is 0 Å². The van der Waals surface area contributed by atoms with E-state index in [9.17, 15) is 9.90 Å². The summed E-state index contributed by atoms with van der Waals surface area (Å²) in [6.45, 7) is 3.58. The number of nitrogens with one attached hydrogen (secondary N) is 1. The number of aliphatic hydroxyl groups excluding tert-OH is 1. The molecule has 0 aromatic heterocycles. The third-order valence-corrected chi connectivity index (χ3v) is 2.01. The molecule has 1 aromatic rings. The minimum absolute atomic E-state index is 0.250. The molecular weight excluding hydrogens is 190 g/mol. The van der Waals surface area contributed by atoms with Gasteiger partial charge in [-0.05, 0) is 11.6 Å².